The number of amidine groups is 1. The predicted octanol–water partition coefficient (Wildman–Crippen LogP) is 4.22. The Kier molecular flexibility index (Phi) is 3.71. The molecule has 0 radical (unpaired) electrons. The molecule has 0 amide bonds. The average molecular weight is 297 g/mol. The van der Waals surface area contributed by atoms with Crippen molar-refractivity contribution in [2.45, 2.75) is 33.4 Å². The van der Waals surface area contributed by atoms with E-state index < -0.39 is 0 Å². The Hall–Kier alpha value is -2.20. The lowest BCUT2D eigenvalue weighted by molar-refractivity contribution is 0.627. The zero-order chi connectivity index (χ0) is 15.9. The minimum atomic E-state index is -0.234. The number of anilines is 1. The first-order valence-electron chi connectivity index (χ1n) is 7.43. The highest BCUT2D eigenvalue weighted by molar-refractivity contribution is 5.99. The molecule has 0 fully saturated rings. The molecule has 0 saturated carbocycles. The predicted molar refractivity (Wildman–Crippen MR) is 89.1 cm³/mol. The van der Waals surface area contributed by atoms with Crippen molar-refractivity contribution in [1.82, 2.24) is 0 Å². The molecule has 1 aliphatic rings. The van der Waals surface area contributed by atoms with E-state index in [2.05, 4.69) is 24.0 Å². The first-order valence-corrected chi connectivity index (χ1v) is 7.43. The van der Waals surface area contributed by atoms with Crippen molar-refractivity contribution in [3.8, 4) is 0 Å². The van der Waals surface area contributed by atoms with Crippen LogP contribution >= 0.6 is 0 Å². The molecule has 2 aromatic carbocycles. The number of hydrogen-bond acceptors (Lipinski definition) is 3. The number of nitrogens with two attached hydrogens (primary N) is 1. The summed E-state index contributed by atoms with van der Waals surface area (Å²) in [6.07, 6.45) is 0. The quantitative estimate of drug-likeness (QED) is 0.901. The fourth-order valence-electron chi connectivity index (χ4n) is 2.91. The largest absolute Gasteiger partial charge is 0.326 e. The zero-order valence-electron chi connectivity index (χ0n) is 13.1. The summed E-state index contributed by atoms with van der Waals surface area (Å²) in [6.45, 7) is 6.72. The van der Waals surface area contributed by atoms with E-state index in [9.17, 15) is 4.39 Å². The SMILES string of the molecule is CC1=Nc2cc(C)cc(C(C)N)c2CN1c1ccc(F)cc1. The number of fused-ring (bicyclic) bond motifs is 1. The summed E-state index contributed by atoms with van der Waals surface area (Å²) in [5.74, 6) is 0.669. The van der Waals surface area contributed by atoms with Crippen molar-refractivity contribution in [1.29, 1.82) is 0 Å². The molecule has 4 heteroatoms. The molecule has 1 heterocycles. The highest BCUT2D eigenvalue weighted by Gasteiger charge is 2.22. The van der Waals surface area contributed by atoms with Crippen LogP contribution in [0.3, 0.4) is 0 Å². The van der Waals surface area contributed by atoms with E-state index in [1.54, 1.807) is 12.1 Å². The van der Waals surface area contributed by atoms with Gasteiger partial charge in [0.1, 0.15) is 11.7 Å². The van der Waals surface area contributed by atoms with E-state index in [1.807, 2.05) is 13.8 Å². The molecule has 0 saturated heterocycles. The van der Waals surface area contributed by atoms with Gasteiger partial charge in [0.15, 0.2) is 0 Å². The maximum atomic E-state index is 13.1. The van der Waals surface area contributed by atoms with E-state index in [4.69, 9.17) is 10.7 Å². The second kappa shape index (κ2) is 5.54. The molecule has 1 atom stereocenters. The normalized spacial score (nSPS) is 15.3. The Balaban J connectivity index is 2.07. The van der Waals surface area contributed by atoms with Crippen LogP contribution in [0.1, 0.15) is 36.6 Å². The molecule has 0 spiro atoms. The van der Waals surface area contributed by atoms with Crippen LogP contribution in [0.25, 0.3) is 0 Å². The van der Waals surface area contributed by atoms with E-state index in [0.29, 0.717) is 6.54 Å². The summed E-state index contributed by atoms with van der Waals surface area (Å²) in [4.78, 5) is 6.81. The van der Waals surface area contributed by atoms with Crippen molar-refractivity contribution in [2.24, 2.45) is 10.7 Å². The molecule has 114 valence electrons. The number of nitrogens with zero attached hydrogens (tertiary/aromatic N) is 2. The molecule has 0 bridgehead atoms. The summed E-state index contributed by atoms with van der Waals surface area (Å²) < 4.78 is 13.1. The van der Waals surface area contributed by atoms with E-state index in [1.165, 1.54) is 12.1 Å². The molecule has 22 heavy (non-hydrogen) atoms. The molecule has 0 aromatic heterocycles. The van der Waals surface area contributed by atoms with Gasteiger partial charge in [0.2, 0.25) is 0 Å². The Morgan fingerprint density at radius 1 is 1.18 bits per heavy atom. The first-order chi connectivity index (χ1) is 10.5. The van der Waals surface area contributed by atoms with E-state index >= 15 is 0 Å². The molecule has 1 unspecified atom stereocenters. The molecular weight excluding hydrogens is 277 g/mol. The van der Waals surface area contributed by atoms with Gasteiger partial charge in [0, 0.05) is 17.3 Å². The third-order valence-electron chi connectivity index (χ3n) is 4.02. The van der Waals surface area contributed by atoms with E-state index in [0.717, 1.165) is 33.9 Å². The number of halogens is 1. The highest BCUT2D eigenvalue weighted by Crippen LogP contribution is 2.34. The van der Waals surface area contributed by atoms with Crippen molar-refractivity contribution < 1.29 is 4.39 Å². The monoisotopic (exact) mass is 297 g/mol. The number of rotatable bonds is 2. The van der Waals surface area contributed by atoms with Gasteiger partial charge in [-0.15, -0.1) is 0 Å². The number of aryl methyl sites for hydroxylation is 1. The third kappa shape index (κ3) is 2.62. The van der Waals surface area contributed by atoms with E-state index in [-0.39, 0.29) is 11.9 Å². The van der Waals surface area contributed by atoms with Crippen LogP contribution in [0, 0.1) is 12.7 Å². The Morgan fingerprint density at radius 3 is 2.50 bits per heavy atom. The van der Waals surface area contributed by atoms with Gasteiger partial charge in [-0.3, -0.25) is 0 Å². The van der Waals surface area contributed by atoms with Gasteiger partial charge in [-0.05, 0) is 62.2 Å². The lowest BCUT2D eigenvalue weighted by Gasteiger charge is -2.31. The van der Waals surface area contributed by atoms with Crippen LogP contribution in [-0.2, 0) is 6.54 Å². The summed E-state index contributed by atoms with van der Waals surface area (Å²) >= 11 is 0. The minimum Gasteiger partial charge on any atom is -0.326 e. The maximum Gasteiger partial charge on any atom is 0.123 e. The van der Waals surface area contributed by atoms with Crippen LogP contribution < -0.4 is 10.6 Å². The van der Waals surface area contributed by atoms with Gasteiger partial charge in [0.25, 0.3) is 0 Å². The number of hydrogen-bond donors (Lipinski definition) is 1. The summed E-state index contributed by atoms with van der Waals surface area (Å²) in [6, 6.07) is 10.7. The summed E-state index contributed by atoms with van der Waals surface area (Å²) in [5, 5.41) is 0. The fraction of sp³-hybridized carbons (Fsp3) is 0.278. The molecule has 2 N–H and O–H groups in total. The second-order valence-corrected chi connectivity index (χ2v) is 5.86. The van der Waals surface area contributed by atoms with Crippen LogP contribution in [0.2, 0.25) is 0 Å². The Bertz CT molecular complexity index is 733. The molecule has 3 nitrogen and oxygen atoms in total. The van der Waals surface area contributed by atoms with Crippen LogP contribution in [0.5, 0.6) is 0 Å². The Labute approximate surface area is 130 Å². The number of aliphatic imine (C=N–C) groups is 1. The van der Waals surface area contributed by atoms with Crippen LogP contribution in [-0.4, -0.2) is 5.84 Å². The summed E-state index contributed by atoms with van der Waals surface area (Å²) in [7, 11) is 0. The van der Waals surface area contributed by atoms with Crippen molar-refractivity contribution in [3.63, 3.8) is 0 Å². The topological polar surface area (TPSA) is 41.6 Å². The fourth-order valence-corrected chi connectivity index (χ4v) is 2.91. The van der Waals surface area contributed by atoms with Crippen molar-refractivity contribution in [3.05, 3.63) is 58.9 Å². The molecule has 3 rings (SSSR count). The molecular formula is C18H20FN3. The van der Waals surface area contributed by atoms with Gasteiger partial charge >= 0.3 is 0 Å². The van der Waals surface area contributed by atoms with Gasteiger partial charge in [-0.25, -0.2) is 9.38 Å². The zero-order valence-corrected chi connectivity index (χ0v) is 13.1. The lowest BCUT2D eigenvalue weighted by Crippen LogP contribution is -2.31. The van der Waals surface area contributed by atoms with Crippen LogP contribution in [0.15, 0.2) is 41.4 Å². The highest BCUT2D eigenvalue weighted by atomic mass is 19.1. The maximum absolute atomic E-state index is 13.1. The van der Waals surface area contributed by atoms with Crippen molar-refractivity contribution in [2.75, 3.05) is 4.90 Å². The minimum absolute atomic E-state index is 0.0441. The van der Waals surface area contributed by atoms with Crippen LogP contribution in [0.4, 0.5) is 15.8 Å². The molecule has 2 aromatic rings. The molecule has 1 aliphatic heterocycles. The number of benzene rings is 2. The van der Waals surface area contributed by atoms with Crippen molar-refractivity contribution >= 4 is 17.2 Å². The first kappa shape index (κ1) is 14.7. The van der Waals surface area contributed by atoms with Gasteiger partial charge in [0.05, 0.1) is 12.2 Å². The lowest BCUT2D eigenvalue weighted by atomic mass is 9.96. The smallest absolute Gasteiger partial charge is 0.123 e. The van der Waals surface area contributed by atoms with Gasteiger partial charge < -0.3 is 10.6 Å². The third-order valence-corrected chi connectivity index (χ3v) is 4.02. The average Bonchev–Trinajstić information content (AvgIpc) is 2.46. The molecule has 0 aliphatic carbocycles. The van der Waals surface area contributed by atoms with Gasteiger partial charge in [-0.1, -0.05) is 6.07 Å². The van der Waals surface area contributed by atoms with Gasteiger partial charge in [-0.2, -0.15) is 0 Å². The standard InChI is InChI=1S/C18H20FN3/c1-11-8-16(12(2)20)17-10-22(13(3)21-18(17)9-11)15-6-4-14(19)5-7-15/h4-9,12H,10,20H2,1-3H3. The summed E-state index contributed by atoms with van der Waals surface area (Å²) in [5.41, 5.74) is 11.5. The second-order valence-electron chi connectivity index (χ2n) is 5.86. The Morgan fingerprint density at radius 2 is 1.86 bits per heavy atom.